The van der Waals surface area contributed by atoms with Crippen molar-refractivity contribution in [1.29, 1.82) is 0 Å². The van der Waals surface area contributed by atoms with E-state index in [4.69, 9.17) is 28.4 Å². The number of unbranched alkanes of at least 4 members (excludes halogenated alkanes) is 11. The third kappa shape index (κ3) is 14.2. The van der Waals surface area contributed by atoms with Gasteiger partial charge in [0.25, 0.3) is 0 Å². The molecule has 272 valence electrons. The van der Waals surface area contributed by atoms with E-state index >= 15 is 0 Å². The monoisotopic (exact) mass is 668 g/mol. The van der Waals surface area contributed by atoms with Crippen LogP contribution in [0.1, 0.15) is 97.3 Å². The number of aliphatic hydroxyl groups excluding tert-OH is 7. The van der Waals surface area contributed by atoms with Crippen LogP contribution in [0.4, 0.5) is 0 Å². The van der Waals surface area contributed by atoms with Crippen molar-refractivity contribution in [2.75, 3.05) is 33.0 Å². The van der Waals surface area contributed by atoms with Crippen molar-refractivity contribution >= 4 is 5.97 Å². The molecule has 0 bridgehead atoms. The summed E-state index contributed by atoms with van der Waals surface area (Å²) in [7, 11) is 0. The first-order chi connectivity index (χ1) is 22.1. The predicted octanol–water partition coefficient (Wildman–Crippen LogP) is 0.667. The van der Waals surface area contributed by atoms with Crippen molar-refractivity contribution in [2.45, 2.75) is 165 Å². The van der Waals surface area contributed by atoms with Crippen LogP contribution in [-0.4, -0.2) is 142 Å². The predicted molar refractivity (Wildman–Crippen MR) is 164 cm³/mol. The number of esters is 1. The number of hydrogen-bond donors (Lipinski definition) is 7. The van der Waals surface area contributed by atoms with Gasteiger partial charge in [0.15, 0.2) is 12.6 Å². The summed E-state index contributed by atoms with van der Waals surface area (Å²) < 4.78 is 33.2. The first-order valence-electron chi connectivity index (χ1n) is 17.1. The van der Waals surface area contributed by atoms with E-state index in [0.29, 0.717) is 6.61 Å². The van der Waals surface area contributed by atoms with Crippen LogP contribution in [0.2, 0.25) is 0 Å². The third-order valence-electron chi connectivity index (χ3n) is 8.42. The van der Waals surface area contributed by atoms with Crippen LogP contribution in [0.25, 0.3) is 0 Å². The van der Waals surface area contributed by atoms with Gasteiger partial charge < -0.3 is 64.2 Å². The van der Waals surface area contributed by atoms with Gasteiger partial charge in [0.1, 0.15) is 54.9 Å². The maximum atomic E-state index is 12.0. The Hall–Kier alpha value is -1.01. The van der Waals surface area contributed by atoms with Crippen molar-refractivity contribution in [3.05, 3.63) is 0 Å². The molecule has 0 radical (unpaired) electrons. The molecule has 0 aromatic rings. The fourth-order valence-electron chi connectivity index (χ4n) is 5.43. The second-order valence-electron chi connectivity index (χ2n) is 12.3. The van der Waals surface area contributed by atoms with E-state index in [-0.39, 0.29) is 19.6 Å². The van der Waals surface area contributed by atoms with Crippen molar-refractivity contribution in [3.63, 3.8) is 0 Å². The Labute approximate surface area is 272 Å². The summed E-state index contributed by atoms with van der Waals surface area (Å²) in [6.45, 7) is 3.07. The summed E-state index contributed by atoms with van der Waals surface area (Å²) in [6.07, 6.45) is -1.22. The Morgan fingerprint density at radius 1 is 0.630 bits per heavy atom. The molecule has 2 heterocycles. The van der Waals surface area contributed by atoms with Crippen molar-refractivity contribution in [1.82, 2.24) is 0 Å². The molecular formula is C32H60O14. The lowest BCUT2D eigenvalue weighted by Gasteiger charge is -2.42. The van der Waals surface area contributed by atoms with Gasteiger partial charge in [-0.25, -0.2) is 0 Å². The molecule has 0 amide bonds. The fraction of sp³-hybridized carbons (Fsp3) is 0.969. The molecule has 11 unspecified atom stereocenters. The first-order valence-corrected chi connectivity index (χ1v) is 17.1. The normalized spacial score (nSPS) is 32.4. The minimum atomic E-state index is -1.69. The zero-order valence-electron chi connectivity index (χ0n) is 27.6. The van der Waals surface area contributed by atoms with Crippen molar-refractivity contribution in [3.8, 4) is 0 Å². The number of ether oxygens (including phenoxy) is 6. The smallest absolute Gasteiger partial charge is 0.305 e. The zero-order valence-corrected chi connectivity index (χ0v) is 27.6. The highest BCUT2D eigenvalue weighted by atomic mass is 16.7. The highest BCUT2D eigenvalue weighted by molar-refractivity contribution is 5.69. The summed E-state index contributed by atoms with van der Waals surface area (Å²) >= 11 is 0. The summed E-state index contributed by atoms with van der Waals surface area (Å²) in [6, 6.07) is 0. The molecule has 14 nitrogen and oxygen atoms in total. The van der Waals surface area contributed by atoms with Crippen LogP contribution in [-0.2, 0) is 33.2 Å². The molecule has 14 heteroatoms. The average molecular weight is 669 g/mol. The van der Waals surface area contributed by atoms with E-state index in [1.807, 2.05) is 0 Å². The fourth-order valence-corrected chi connectivity index (χ4v) is 5.43. The summed E-state index contributed by atoms with van der Waals surface area (Å²) in [5.74, 6) is -0.464. The SMILES string of the molecule is CCCCCCCCCCCCCCOCC(COC1OC(COC2OC(CO)C(O)C(O)C2O)C(O)C(O)C1O)OC(=O)CC. The maximum Gasteiger partial charge on any atom is 0.305 e. The molecular weight excluding hydrogens is 608 g/mol. The summed E-state index contributed by atoms with van der Waals surface area (Å²) in [5.41, 5.74) is 0. The average Bonchev–Trinajstić information content (AvgIpc) is 3.05. The van der Waals surface area contributed by atoms with Crippen LogP contribution in [0.15, 0.2) is 0 Å². The third-order valence-corrected chi connectivity index (χ3v) is 8.42. The molecule has 2 saturated heterocycles. The molecule has 2 fully saturated rings. The molecule has 0 spiro atoms. The van der Waals surface area contributed by atoms with E-state index in [1.165, 1.54) is 57.8 Å². The lowest BCUT2D eigenvalue weighted by Crippen LogP contribution is -2.61. The Kier molecular flexibility index (Phi) is 20.9. The largest absolute Gasteiger partial charge is 0.457 e. The van der Waals surface area contributed by atoms with E-state index in [9.17, 15) is 40.5 Å². The minimum absolute atomic E-state index is 0.0570. The van der Waals surface area contributed by atoms with Gasteiger partial charge in [-0.3, -0.25) is 4.79 Å². The topological polar surface area (TPSA) is 214 Å². The van der Waals surface area contributed by atoms with Crippen molar-refractivity contribution in [2.24, 2.45) is 0 Å². The highest BCUT2D eigenvalue weighted by Crippen LogP contribution is 2.26. The van der Waals surface area contributed by atoms with Gasteiger partial charge in [0.05, 0.1) is 26.4 Å². The molecule has 2 aliphatic heterocycles. The molecule has 0 aromatic carbocycles. The Morgan fingerprint density at radius 2 is 1.13 bits per heavy atom. The van der Waals surface area contributed by atoms with Crippen LogP contribution in [0.3, 0.4) is 0 Å². The van der Waals surface area contributed by atoms with Crippen LogP contribution in [0.5, 0.6) is 0 Å². The summed E-state index contributed by atoms with van der Waals surface area (Å²) in [4.78, 5) is 12.0. The van der Waals surface area contributed by atoms with Crippen LogP contribution < -0.4 is 0 Å². The van der Waals surface area contributed by atoms with E-state index in [0.717, 1.165) is 19.3 Å². The van der Waals surface area contributed by atoms with Gasteiger partial charge in [-0.05, 0) is 6.42 Å². The van der Waals surface area contributed by atoms with Crippen molar-refractivity contribution < 1.29 is 69.0 Å². The van der Waals surface area contributed by atoms with E-state index < -0.39 is 86.7 Å². The number of aliphatic hydroxyl groups is 7. The van der Waals surface area contributed by atoms with Gasteiger partial charge in [0, 0.05) is 13.0 Å². The molecule has 2 rings (SSSR count). The van der Waals surface area contributed by atoms with E-state index in [2.05, 4.69) is 6.92 Å². The van der Waals surface area contributed by atoms with Gasteiger partial charge >= 0.3 is 5.97 Å². The second kappa shape index (κ2) is 23.4. The molecule has 0 aromatic heterocycles. The Morgan fingerprint density at radius 3 is 1.67 bits per heavy atom. The second-order valence-corrected chi connectivity index (χ2v) is 12.3. The minimum Gasteiger partial charge on any atom is -0.457 e. The molecule has 0 aliphatic carbocycles. The van der Waals surface area contributed by atoms with Gasteiger partial charge in [-0.1, -0.05) is 84.5 Å². The zero-order chi connectivity index (χ0) is 33.9. The summed E-state index contributed by atoms with van der Waals surface area (Å²) in [5, 5.41) is 70.8. The molecule has 46 heavy (non-hydrogen) atoms. The first kappa shape index (κ1) is 41.2. The standard InChI is InChI=1S/C32H60O14/c1-3-5-6-7-8-9-10-11-12-13-14-15-16-41-18-21(44-24(34)4-2)19-42-31-30(40)28(38)26(36)23(46-31)20-43-32-29(39)27(37)25(35)22(17-33)45-32/h21-23,25-33,35-40H,3-20H2,1-2H3. The molecule has 7 N–H and O–H groups in total. The Balaban J connectivity index is 1.74. The number of carbonyl (C=O) groups excluding carboxylic acids is 1. The molecule has 2 aliphatic rings. The van der Waals surface area contributed by atoms with Gasteiger partial charge in [0.2, 0.25) is 0 Å². The maximum absolute atomic E-state index is 12.0. The highest BCUT2D eigenvalue weighted by Gasteiger charge is 2.47. The number of carbonyl (C=O) groups is 1. The van der Waals surface area contributed by atoms with Crippen LogP contribution >= 0.6 is 0 Å². The van der Waals surface area contributed by atoms with Gasteiger partial charge in [-0.15, -0.1) is 0 Å². The Bertz CT molecular complexity index is 788. The number of hydrogen-bond acceptors (Lipinski definition) is 14. The van der Waals surface area contributed by atoms with Crippen LogP contribution in [0, 0.1) is 0 Å². The molecule has 11 atom stereocenters. The molecule has 0 saturated carbocycles. The lowest BCUT2D eigenvalue weighted by molar-refractivity contribution is -0.332. The van der Waals surface area contributed by atoms with Gasteiger partial charge in [-0.2, -0.15) is 0 Å². The quantitative estimate of drug-likeness (QED) is 0.0556. The lowest BCUT2D eigenvalue weighted by atomic mass is 9.98. The van der Waals surface area contributed by atoms with E-state index in [1.54, 1.807) is 6.92 Å². The number of rotatable bonds is 24.